The van der Waals surface area contributed by atoms with Gasteiger partial charge in [0.05, 0.1) is 0 Å². The molecule has 0 spiro atoms. The van der Waals surface area contributed by atoms with Gasteiger partial charge in [0.25, 0.3) is 0 Å². The third kappa shape index (κ3) is 8.33. The zero-order valence-corrected chi connectivity index (χ0v) is 9.52. The third-order valence-corrected chi connectivity index (χ3v) is 2.60. The van der Waals surface area contributed by atoms with E-state index in [9.17, 15) is 0 Å². The first-order chi connectivity index (χ1) is 7.28. The maximum Gasteiger partial charge on any atom is 0.0233 e. The van der Waals surface area contributed by atoms with Crippen molar-refractivity contribution >= 4 is 0 Å². The Bertz CT molecular complexity index is 112. The molecule has 0 rings (SSSR count). The first-order valence-electron chi connectivity index (χ1n) is 7.28. The molecule has 80 valence electrons. The first-order valence-corrected chi connectivity index (χ1v) is 5.86. The van der Waals surface area contributed by atoms with Crippen molar-refractivity contribution in [2.45, 2.75) is 72.6 Å². The van der Waals surface area contributed by atoms with E-state index in [1.165, 1.54) is 38.5 Å². The predicted octanol–water partition coefficient (Wildman–Crippen LogP) is 5.03. The Morgan fingerprint density at radius 1 is 0.923 bits per heavy atom. The highest BCUT2D eigenvalue weighted by atomic mass is 14.1. The molecule has 13 heavy (non-hydrogen) atoms. The lowest BCUT2D eigenvalue weighted by molar-refractivity contribution is 0.363. The van der Waals surface area contributed by atoms with E-state index in [0.717, 1.165) is 6.42 Å². The van der Waals surface area contributed by atoms with Crippen LogP contribution in [0.25, 0.3) is 0 Å². The maximum absolute atomic E-state index is 7.52. The molecule has 0 N–H and O–H groups in total. The normalized spacial score (nSPS) is 17.7. The zero-order chi connectivity index (χ0) is 11.5. The molecule has 0 fully saturated rings. The van der Waals surface area contributed by atoms with Gasteiger partial charge in [0.15, 0.2) is 0 Å². The van der Waals surface area contributed by atoms with E-state index in [4.69, 9.17) is 2.74 Å². The molecule has 0 bridgehead atoms. The lowest BCUT2D eigenvalue weighted by Crippen LogP contribution is -2.03. The standard InChI is InChI=1S/C13H28/c1-5-7-9-12(3)11-13(4)10-8-6-2/h12-13H,5-11H2,1-4H3/i3T,4T. The molecular weight excluding hydrogens is 156 g/mol. The topological polar surface area (TPSA) is 0 Å². The van der Waals surface area contributed by atoms with E-state index in [1.54, 1.807) is 0 Å². The molecule has 2 unspecified atom stereocenters. The number of hydrogen-bond acceptors (Lipinski definition) is 0. The second kappa shape index (κ2) is 8.59. The molecule has 0 aromatic heterocycles. The molecule has 0 heteroatoms. The molecule has 0 aromatic rings. The lowest BCUT2D eigenvalue weighted by atomic mass is 9.90. The van der Waals surface area contributed by atoms with Gasteiger partial charge in [-0.15, -0.1) is 0 Å². The minimum Gasteiger partial charge on any atom is -0.0654 e. The van der Waals surface area contributed by atoms with Crippen LogP contribution in [0.4, 0.5) is 0 Å². The van der Waals surface area contributed by atoms with Crippen molar-refractivity contribution in [3.63, 3.8) is 0 Å². The summed E-state index contributed by atoms with van der Waals surface area (Å²) in [7, 11) is 0. The number of hydrogen-bond donors (Lipinski definition) is 0. The van der Waals surface area contributed by atoms with Crippen molar-refractivity contribution in [2.75, 3.05) is 0 Å². The molecule has 0 aliphatic heterocycles. The van der Waals surface area contributed by atoms with E-state index in [-0.39, 0.29) is 0 Å². The van der Waals surface area contributed by atoms with Gasteiger partial charge in [0.1, 0.15) is 0 Å². The quantitative estimate of drug-likeness (QED) is 0.501. The molecule has 0 saturated carbocycles. The van der Waals surface area contributed by atoms with Gasteiger partial charge in [-0.05, 0) is 18.3 Å². The largest absolute Gasteiger partial charge is 0.0654 e. The Balaban J connectivity index is 3.77. The summed E-state index contributed by atoms with van der Waals surface area (Å²) in [5, 5.41) is 0. The number of unbranched alkanes of at least 4 members (excludes halogenated alkanes) is 2. The molecule has 0 saturated heterocycles. The summed E-state index contributed by atoms with van der Waals surface area (Å²) >= 11 is 0. The summed E-state index contributed by atoms with van der Waals surface area (Å²) in [4.78, 5) is 0. The Hall–Kier alpha value is 0. The lowest BCUT2D eigenvalue weighted by Gasteiger charge is -2.16. The minimum absolute atomic E-state index is 0.553. The summed E-state index contributed by atoms with van der Waals surface area (Å²) in [6, 6.07) is 0. The molecule has 0 nitrogen and oxygen atoms in total. The molecule has 2 atom stereocenters. The van der Waals surface area contributed by atoms with Crippen molar-refractivity contribution in [3.05, 3.63) is 0 Å². The molecule has 0 radical (unpaired) electrons. The molecular formula is C13H28. The van der Waals surface area contributed by atoms with Crippen LogP contribution in [0.15, 0.2) is 0 Å². The monoisotopic (exact) mass is 188 g/mol. The summed E-state index contributed by atoms with van der Waals surface area (Å²) < 4.78 is 15.0. The van der Waals surface area contributed by atoms with Gasteiger partial charge in [-0.3, -0.25) is 0 Å². The molecule has 0 heterocycles. The van der Waals surface area contributed by atoms with Crippen LogP contribution in [-0.2, 0) is 0 Å². The van der Waals surface area contributed by atoms with E-state index in [0.29, 0.717) is 25.6 Å². The Morgan fingerprint density at radius 2 is 1.38 bits per heavy atom. The average molecular weight is 188 g/mol. The summed E-state index contributed by atoms with van der Waals surface area (Å²) in [6.07, 6.45) is 8.48. The van der Waals surface area contributed by atoms with Crippen LogP contribution in [0.2, 0.25) is 0 Å². The second-order valence-electron chi connectivity index (χ2n) is 4.25. The molecule has 0 aliphatic rings. The maximum atomic E-state index is 7.52. The summed E-state index contributed by atoms with van der Waals surface area (Å²) in [6.45, 7) is 5.53. The second-order valence-corrected chi connectivity index (χ2v) is 4.25. The summed E-state index contributed by atoms with van der Waals surface area (Å²) in [5.74, 6) is 1.11. The van der Waals surface area contributed by atoms with Crippen molar-refractivity contribution in [3.8, 4) is 0 Å². The molecule has 0 amide bonds. The van der Waals surface area contributed by atoms with Crippen LogP contribution in [0.1, 0.15) is 75.3 Å². The van der Waals surface area contributed by atoms with Crippen molar-refractivity contribution < 1.29 is 2.74 Å². The van der Waals surface area contributed by atoms with Crippen LogP contribution in [0, 0.1) is 11.8 Å². The van der Waals surface area contributed by atoms with Crippen LogP contribution >= 0.6 is 0 Å². The van der Waals surface area contributed by atoms with Gasteiger partial charge in [-0.25, -0.2) is 0 Å². The van der Waals surface area contributed by atoms with Crippen molar-refractivity contribution in [1.29, 1.82) is 0 Å². The SMILES string of the molecule is [3H]CC(CCCC)CC(C[3H])CCCC. The van der Waals surface area contributed by atoms with Crippen LogP contribution < -0.4 is 0 Å². The van der Waals surface area contributed by atoms with Crippen molar-refractivity contribution in [1.82, 2.24) is 0 Å². The van der Waals surface area contributed by atoms with Gasteiger partial charge in [0.2, 0.25) is 0 Å². The zero-order valence-electron chi connectivity index (χ0n) is 11.5. The van der Waals surface area contributed by atoms with Gasteiger partial charge in [-0.2, -0.15) is 0 Å². The third-order valence-electron chi connectivity index (χ3n) is 2.60. The highest BCUT2D eigenvalue weighted by molar-refractivity contribution is 4.59. The fourth-order valence-corrected chi connectivity index (χ4v) is 1.69. The average Bonchev–Trinajstić information content (AvgIpc) is 2.28. The molecule has 0 aliphatic carbocycles. The van der Waals surface area contributed by atoms with Gasteiger partial charge in [0, 0.05) is 2.74 Å². The van der Waals surface area contributed by atoms with E-state index >= 15 is 0 Å². The van der Waals surface area contributed by atoms with Crippen molar-refractivity contribution in [2.24, 2.45) is 11.8 Å². The first kappa shape index (κ1) is 9.55. The predicted molar refractivity (Wildman–Crippen MR) is 62.0 cm³/mol. The fourth-order valence-electron chi connectivity index (χ4n) is 1.69. The minimum atomic E-state index is 0.553. The molecule has 0 aromatic carbocycles. The van der Waals surface area contributed by atoms with E-state index < -0.39 is 0 Å². The highest BCUT2D eigenvalue weighted by Gasteiger charge is 2.07. The number of rotatable bonds is 8. The highest BCUT2D eigenvalue weighted by Crippen LogP contribution is 2.21. The Labute approximate surface area is 87.9 Å². The van der Waals surface area contributed by atoms with Crippen LogP contribution in [0.3, 0.4) is 0 Å². The smallest absolute Gasteiger partial charge is 0.0233 e. The van der Waals surface area contributed by atoms with Gasteiger partial charge in [-0.1, -0.05) is 66.2 Å². The Morgan fingerprint density at radius 3 is 1.69 bits per heavy atom. The van der Waals surface area contributed by atoms with Gasteiger partial charge >= 0.3 is 0 Å². The fraction of sp³-hybridized carbons (Fsp3) is 1.00. The van der Waals surface area contributed by atoms with E-state index in [1.807, 2.05) is 0 Å². The summed E-state index contributed by atoms with van der Waals surface area (Å²) in [5.41, 5.74) is 0. The van der Waals surface area contributed by atoms with E-state index in [2.05, 4.69) is 13.8 Å². The van der Waals surface area contributed by atoms with Crippen LogP contribution in [-0.4, -0.2) is 0 Å². The Kier molecular flexibility index (Phi) is 6.31. The van der Waals surface area contributed by atoms with Gasteiger partial charge < -0.3 is 0 Å². The van der Waals surface area contributed by atoms with Crippen LogP contribution in [0.5, 0.6) is 0 Å².